The van der Waals surface area contributed by atoms with E-state index in [1.54, 1.807) is 12.1 Å². The second kappa shape index (κ2) is 6.71. The molecule has 4 nitrogen and oxygen atoms in total. The van der Waals surface area contributed by atoms with Gasteiger partial charge < -0.3 is 14.7 Å². The number of carbonyl (C=O) groups is 1. The predicted octanol–water partition coefficient (Wildman–Crippen LogP) is 5.23. The minimum atomic E-state index is -0.987. The van der Waals surface area contributed by atoms with Gasteiger partial charge in [0.1, 0.15) is 11.9 Å². The number of amides is 1. The van der Waals surface area contributed by atoms with Gasteiger partial charge in [-0.25, -0.2) is 4.79 Å². The Hall–Kier alpha value is -1.62. The lowest BCUT2D eigenvalue weighted by Gasteiger charge is -2.18. The minimum Gasteiger partial charge on any atom is -0.487 e. The molecule has 1 heterocycles. The van der Waals surface area contributed by atoms with Crippen LogP contribution in [0.4, 0.5) is 4.79 Å². The summed E-state index contributed by atoms with van der Waals surface area (Å²) in [6, 6.07) is 9.01. The molecule has 24 heavy (non-hydrogen) atoms. The van der Waals surface area contributed by atoms with Crippen LogP contribution in [0.15, 0.2) is 30.3 Å². The topological polar surface area (TPSA) is 49.8 Å². The molecule has 2 aromatic rings. The molecule has 1 aliphatic heterocycles. The molecule has 0 saturated heterocycles. The van der Waals surface area contributed by atoms with Crippen molar-refractivity contribution in [2.75, 3.05) is 13.6 Å². The lowest BCUT2D eigenvalue weighted by molar-refractivity contribution is 0.129. The lowest BCUT2D eigenvalue weighted by atomic mass is 10.0. The van der Waals surface area contributed by atoms with Gasteiger partial charge in [-0.05, 0) is 17.7 Å². The summed E-state index contributed by atoms with van der Waals surface area (Å²) in [4.78, 5) is 12.2. The number of nitrogens with zero attached hydrogens (tertiary/aromatic N) is 1. The monoisotopic (exact) mass is 385 g/mol. The van der Waals surface area contributed by atoms with Crippen LogP contribution in [0, 0.1) is 0 Å². The number of benzene rings is 2. The smallest absolute Gasteiger partial charge is 0.407 e. The van der Waals surface area contributed by atoms with Crippen molar-refractivity contribution in [1.29, 1.82) is 0 Å². The lowest BCUT2D eigenvalue weighted by Crippen LogP contribution is -2.35. The van der Waals surface area contributed by atoms with E-state index < -0.39 is 6.09 Å². The zero-order valence-corrected chi connectivity index (χ0v) is 15.0. The maximum atomic E-state index is 11.0. The van der Waals surface area contributed by atoms with Gasteiger partial charge in [0.25, 0.3) is 0 Å². The van der Waals surface area contributed by atoms with Crippen LogP contribution < -0.4 is 4.74 Å². The van der Waals surface area contributed by atoms with E-state index in [0.29, 0.717) is 32.8 Å². The molecule has 0 fully saturated rings. The molecule has 0 aliphatic carbocycles. The van der Waals surface area contributed by atoms with Gasteiger partial charge in [0.15, 0.2) is 0 Å². The van der Waals surface area contributed by atoms with Crippen LogP contribution in [-0.2, 0) is 6.42 Å². The Morgan fingerprint density at radius 3 is 2.58 bits per heavy atom. The maximum Gasteiger partial charge on any atom is 0.407 e. The number of hydrogen-bond acceptors (Lipinski definition) is 2. The number of halogens is 3. The van der Waals surface area contributed by atoms with E-state index in [0.717, 1.165) is 11.1 Å². The third kappa shape index (κ3) is 3.27. The van der Waals surface area contributed by atoms with E-state index in [9.17, 15) is 4.79 Å². The average Bonchev–Trinajstić information content (AvgIpc) is 2.89. The third-order valence-corrected chi connectivity index (χ3v) is 4.72. The summed E-state index contributed by atoms with van der Waals surface area (Å²) in [5.74, 6) is 0.687. The first-order valence-corrected chi connectivity index (χ1v) is 8.37. The predicted molar refractivity (Wildman–Crippen MR) is 95.7 cm³/mol. The molecule has 0 saturated carbocycles. The van der Waals surface area contributed by atoms with Gasteiger partial charge in [-0.15, -0.1) is 0 Å². The molecule has 0 bridgehead atoms. The van der Waals surface area contributed by atoms with Crippen molar-refractivity contribution in [1.82, 2.24) is 4.90 Å². The summed E-state index contributed by atoms with van der Waals surface area (Å²) in [5.41, 5.74) is 2.44. The second-order valence-electron chi connectivity index (χ2n) is 5.65. The Bertz CT molecular complexity index is 787. The fraction of sp³-hybridized carbons (Fsp3) is 0.235. The van der Waals surface area contributed by atoms with Crippen LogP contribution in [0.5, 0.6) is 5.75 Å². The van der Waals surface area contributed by atoms with Gasteiger partial charge in [0, 0.05) is 29.6 Å². The molecule has 7 heteroatoms. The first-order chi connectivity index (χ1) is 11.4. The van der Waals surface area contributed by atoms with E-state index in [4.69, 9.17) is 44.6 Å². The fourth-order valence-electron chi connectivity index (χ4n) is 2.82. The number of para-hydroxylation sites is 1. The quantitative estimate of drug-likeness (QED) is 0.786. The summed E-state index contributed by atoms with van der Waals surface area (Å²) >= 11 is 18.6. The third-order valence-electron chi connectivity index (χ3n) is 3.91. The number of fused-ring (bicyclic) bond motifs is 1. The molecule has 1 aliphatic rings. The number of ether oxygens (including phenoxy) is 1. The summed E-state index contributed by atoms with van der Waals surface area (Å²) in [6.07, 6.45) is -0.602. The maximum absolute atomic E-state index is 11.0. The standard InChI is InChI=1S/C17H14Cl3NO3/c1-21(17(22)23)8-11-5-9-3-2-4-12(16(9)24-11)15-13(19)6-10(18)7-14(15)20/h2-4,6-7,11H,5,8H2,1H3,(H,22,23). The molecule has 2 aromatic carbocycles. The normalized spacial score (nSPS) is 15.8. The summed E-state index contributed by atoms with van der Waals surface area (Å²) < 4.78 is 6.00. The SMILES string of the molecule is CN(CC1Cc2cccc(-c3c(Cl)cc(Cl)cc3Cl)c2O1)C(=O)O. The molecule has 1 N–H and O–H groups in total. The van der Waals surface area contributed by atoms with Gasteiger partial charge in [-0.1, -0.05) is 53.0 Å². The van der Waals surface area contributed by atoms with Crippen molar-refractivity contribution in [3.8, 4) is 16.9 Å². The number of rotatable bonds is 3. The Labute approximate surface area is 154 Å². The number of likely N-dealkylation sites (N-methyl/N-ethyl adjacent to an activating group) is 1. The highest BCUT2D eigenvalue weighted by atomic mass is 35.5. The van der Waals surface area contributed by atoms with Crippen LogP contribution in [-0.4, -0.2) is 35.8 Å². The Morgan fingerprint density at radius 1 is 1.29 bits per heavy atom. The van der Waals surface area contributed by atoms with Crippen LogP contribution >= 0.6 is 34.8 Å². The van der Waals surface area contributed by atoms with Gasteiger partial charge in [-0.3, -0.25) is 0 Å². The van der Waals surface area contributed by atoms with Crippen molar-refractivity contribution in [3.05, 3.63) is 51.0 Å². The van der Waals surface area contributed by atoms with Gasteiger partial charge in [0.05, 0.1) is 16.6 Å². The molecule has 0 radical (unpaired) electrons. The van der Waals surface area contributed by atoms with Crippen LogP contribution in [0.25, 0.3) is 11.1 Å². The van der Waals surface area contributed by atoms with Crippen molar-refractivity contribution < 1.29 is 14.6 Å². The summed E-state index contributed by atoms with van der Waals surface area (Å²) in [5, 5.41) is 10.4. The number of hydrogen-bond donors (Lipinski definition) is 1. The number of carboxylic acid groups (broad SMARTS) is 1. The van der Waals surface area contributed by atoms with E-state index in [1.165, 1.54) is 11.9 Å². The van der Waals surface area contributed by atoms with Gasteiger partial charge >= 0.3 is 6.09 Å². The van der Waals surface area contributed by atoms with Crippen molar-refractivity contribution in [3.63, 3.8) is 0 Å². The first kappa shape index (κ1) is 17.2. The van der Waals surface area contributed by atoms with E-state index in [1.807, 2.05) is 18.2 Å². The highest BCUT2D eigenvalue weighted by molar-refractivity contribution is 6.42. The Morgan fingerprint density at radius 2 is 1.96 bits per heavy atom. The molecule has 0 spiro atoms. The minimum absolute atomic E-state index is 0.243. The highest BCUT2D eigenvalue weighted by Gasteiger charge is 2.28. The van der Waals surface area contributed by atoms with Gasteiger partial charge in [-0.2, -0.15) is 0 Å². The average molecular weight is 387 g/mol. The molecular formula is C17H14Cl3NO3. The van der Waals surface area contributed by atoms with E-state index in [2.05, 4.69) is 0 Å². The largest absolute Gasteiger partial charge is 0.487 e. The highest BCUT2D eigenvalue weighted by Crippen LogP contribution is 2.45. The Balaban J connectivity index is 1.96. The van der Waals surface area contributed by atoms with Crippen LogP contribution in [0.1, 0.15) is 5.56 Å². The molecular weight excluding hydrogens is 373 g/mol. The van der Waals surface area contributed by atoms with E-state index >= 15 is 0 Å². The van der Waals surface area contributed by atoms with E-state index in [-0.39, 0.29) is 12.6 Å². The molecule has 0 aromatic heterocycles. The zero-order chi connectivity index (χ0) is 17.4. The summed E-state index contributed by atoms with van der Waals surface area (Å²) in [7, 11) is 1.52. The van der Waals surface area contributed by atoms with Crippen molar-refractivity contribution in [2.45, 2.75) is 12.5 Å². The molecule has 3 rings (SSSR count). The van der Waals surface area contributed by atoms with Crippen molar-refractivity contribution in [2.24, 2.45) is 0 Å². The molecule has 1 amide bonds. The van der Waals surface area contributed by atoms with Gasteiger partial charge in [0.2, 0.25) is 0 Å². The van der Waals surface area contributed by atoms with Crippen molar-refractivity contribution >= 4 is 40.9 Å². The summed E-state index contributed by atoms with van der Waals surface area (Å²) in [6.45, 7) is 0.283. The molecule has 1 atom stereocenters. The first-order valence-electron chi connectivity index (χ1n) is 7.24. The Kier molecular flexibility index (Phi) is 4.81. The van der Waals surface area contributed by atoms with Crippen LogP contribution in [0.2, 0.25) is 15.1 Å². The van der Waals surface area contributed by atoms with Crippen LogP contribution in [0.3, 0.4) is 0 Å². The second-order valence-corrected chi connectivity index (χ2v) is 6.90. The molecule has 1 unspecified atom stereocenters. The molecule has 126 valence electrons. The fourth-order valence-corrected chi connectivity index (χ4v) is 3.84. The zero-order valence-electron chi connectivity index (χ0n) is 12.7.